The van der Waals surface area contributed by atoms with Crippen LogP contribution in [0.25, 0.3) is 22.6 Å². The summed E-state index contributed by atoms with van der Waals surface area (Å²) in [5.41, 5.74) is 4.54. The topological polar surface area (TPSA) is 38.1 Å². The Balaban J connectivity index is 2.11. The predicted molar refractivity (Wildman–Crippen MR) is 78.7 cm³/mol. The van der Waals surface area contributed by atoms with Crippen LogP contribution < -0.4 is 5.32 Å². The van der Waals surface area contributed by atoms with Gasteiger partial charge in [0.2, 0.25) is 5.89 Å². The number of halogens is 1. The second-order valence-corrected chi connectivity index (χ2v) is 4.82. The van der Waals surface area contributed by atoms with Crippen molar-refractivity contribution >= 4 is 28.4 Å². The highest BCUT2D eigenvalue weighted by atomic mass is 35.5. The Hall–Kier alpha value is -2.00. The zero-order valence-corrected chi connectivity index (χ0v) is 11.5. The van der Waals surface area contributed by atoms with E-state index in [1.54, 1.807) is 0 Å². The smallest absolute Gasteiger partial charge is 0.227 e. The lowest BCUT2D eigenvalue weighted by Crippen LogP contribution is -1.86. The molecule has 3 rings (SSSR count). The Bertz CT molecular complexity index is 749. The Morgan fingerprint density at radius 2 is 2.00 bits per heavy atom. The number of hydrogen-bond acceptors (Lipinski definition) is 3. The molecular weight excluding hydrogens is 260 g/mol. The number of hydrogen-bond donors (Lipinski definition) is 1. The maximum Gasteiger partial charge on any atom is 0.227 e. The Morgan fingerprint density at radius 1 is 1.16 bits per heavy atom. The second kappa shape index (κ2) is 4.59. The van der Waals surface area contributed by atoms with Gasteiger partial charge in [-0.05, 0) is 42.8 Å². The molecule has 3 nitrogen and oxygen atoms in total. The third-order valence-corrected chi connectivity index (χ3v) is 3.50. The molecule has 0 fully saturated rings. The number of rotatable bonds is 2. The van der Waals surface area contributed by atoms with Gasteiger partial charge in [-0.2, -0.15) is 0 Å². The largest absolute Gasteiger partial charge is 0.436 e. The van der Waals surface area contributed by atoms with E-state index in [9.17, 15) is 0 Å². The summed E-state index contributed by atoms with van der Waals surface area (Å²) < 4.78 is 5.75. The van der Waals surface area contributed by atoms with Crippen LogP contribution in [0.15, 0.2) is 40.8 Å². The maximum atomic E-state index is 6.13. The molecule has 0 saturated carbocycles. The number of aromatic nitrogens is 1. The second-order valence-electron chi connectivity index (χ2n) is 4.42. The molecule has 0 amide bonds. The molecule has 1 N–H and O–H groups in total. The van der Waals surface area contributed by atoms with E-state index >= 15 is 0 Å². The predicted octanol–water partition coefficient (Wildman–Crippen LogP) is 4.50. The molecule has 0 radical (unpaired) electrons. The molecule has 0 aliphatic carbocycles. The van der Waals surface area contributed by atoms with Crippen molar-refractivity contribution in [1.29, 1.82) is 0 Å². The maximum absolute atomic E-state index is 6.13. The summed E-state index contributed by atoms with van der Waals surface area (Å²) in [5.74, 6) is 0.588. The lowest BCUT2D eigenvalue weighted by Gasteiger charge is -1.99. The fraction of sp³-hybridized carbons (Fsp3) is 0.133. The van der Waals surface area contributed by atoms with Crippen molar-refractivity contribution in [1.82, 2.24) is 4.98 Å². The van der Waals surface area contributed by atoms with E-state index in [2.05, 4.69) is 10.3 Å². The number of nitrogens with zero attached hydrogens (tertiary/aromatic N) is 1. The molecule has 0 bridgehead atoms. The minimum atomic E-state index is 0.588. The van der Waals surface area contributed by atoms with Gasteiger partial charge >= 0.3 is 0 Å². The summed E-state index contributed by atoms with van der Waals surface area (Å²) in [6.45, 7) is 1.97. The van der Waals surface area contributed by atoms with E-state index in [1.807, 2.05) is 50.4 Å². The first-order valence-electron chi connectivity index (χ1n) is 6.02. The lowest BCUT2D eigenvalue weighted by atomic mass is 10.1. The molecule has 3 aromatic rings. The minimum absolute atomic E-state index is 0.588. The molecule has 0 unspecified atom stereocenters. The van der Waals surface area contributed by atoms with Crippen molar-refractivity contribution in [2.45, 2.75) is 6.92 Å². The van der Waals surface area contributed by atoms with Crippen LogP contribution in [0.5, 0.6) is 0 Å². The average Bonchev–Trinajstić information content (AvgIpc) is 2.84. The van der Waals surface area contributed by atoms with Gasteiger partial charge in [-0.25, -0.2) is 4.98 Å². The number of oxazole rings is 1. The molecule has 0 aliphatic heterocycles. The van der Waals surface area contributed by atoms with Crippen molar-refractivity contribution < 1.29 is 4.42 Å². The Kier molecular flexibility index (Phi) is 2.91. The van der Waals surface area contributed by atoms with E-state index in [0.717, 1.165) is 32.9 Å². The molecule has 0 aliphatic rings. The van der Waals surface area contributed by atoms with Gasteiger partial charge in [0.15, 0.2) is 5.58 Å². The first-order valence-corrected chi connectivity index (χ1v) is 6.40. The van der Waals surface area contributed by atoms with E-state index in [0.29, 0.717) is 5.89 Å². The van der Waals surface area contributed by atoms with Crippen molar-refractivity contribution in [3.05, 3.63) is 47.0 Å². The van der Waals surface area contributed by atoms with Gasteiger partial charge in [-0.15, -0.1) is 0 Å². The molecule has 4 heteroatoms. The summed E-state index contributed by atoms with van der Waals surface area (Å²) in [4.78, 5) is 4.50. The van der Waals surface area contributed by atoms with Crippen molar-refractivity contribution in [2.24, 2.45) is 0 Å². The highest BCUT2D eigenvalue weighted by Crippen LogP contribution is 2.28. The number of nitrogens with one attached hydrogen (secondary N) is 1. The first kappa shape index (κ1) is 12.1. The lowest BCUT2D eigenvalue weighted by molar-refractivity contribution is 0.620. The van der Waals surface area contributed by atoms with Crippen LogP contribution in [-0.4, -0.2) is 12.0 Å². The molecule has 2 aromatic carbocycles. The summed E-state index contributed by atoms with van der Waals surface area (Å²) >= 11 is 6.13. The van der Waals surface area contributed by atoms with Crippen LogP contribution in [0.3, 0.4) is 0 Å². The highest BCUT2D eigenvalue weighted by Gasteiger charge is 2.09. The zero-order valence-electron chi connectivity index (χ0n) is 10.7. The standard InChI is InChI=1S/C15H13ClN2O/c1-9-3-4-10(7-12(9)16)15-18-13-8-11(17-2)5-6-14(13)19-15/h3-8,17H,1-2H3. The van der Waals surface area contributed by atoms with Crippen LogP contribution in [0.4, 0.5) is 5.69 Å². The van der Waals surface area contributed by atoms with Crippen LogP contribution in [-0.2, 0) is 0 Å². The Morgan fingerprint density at radius 3 is 2.74 bits per heavy atom. The molecule has 0 saturated heterocycles. The van der Waals surface area contributed by atoms with E-state index in [4.69, 9.17) is 16.0 Å². The van der Waals surface area contributed by atoms with Crippen LogP contribution >= 0.6 is 11.6 Å². The monoisotopic (exact) mass is 272 g/mol. The fourth-order valence-electron chi connectivity index (χ4n) is 1.93. The molecule has 0 spiro atoms. The van der Waals surface area contributed by atoms with Gasteiger partial charge in [-0.3, -0.25) is 0 Å². The van der Waals surface area contributed by atoms with Crippen molar-refractivity contribution in [3.63, 3.8) is 0 Å². The first-order chi connectivity index (χ1) is 9.17. The number of benzene rings is 2. The average molecular weight is 273 g/mol. The van der Waals surface area contributed by atoms with Gasteiger partial charge in [0.1, 0.15) is 5.52 Å². The number of aryl methyl sites for hydroxylation is 1. The van der Waals surface area contributed by atoms with E-state index in [1.165, 1.54) is 0 Å². The van der Waals surface area contributed by atoms with Crippen molar-refractivity contribution in [3.8, 4) is 11.5 Å². The quantitative estimate of drug-likeness (QED) is 0.746. The van der Waals surface area contributed by atoms with Crippen molar-refractivity contribution in [2.75, 3.05) is 12.4 Å². The van der Waals surface area contributed by atoms with Crippen LogP contribution in [0.2, 0.25) is 5.02 Å². The molecule has 1 aromatic heterocycles. The number of fused-ring (bicyclic) bond motifs is 1. The third-order valence-electron chi connectivity index (χ3n) is 3.10. The third kappa shape index (κ3) is 2.17. The SMILES string of the molecule is CNc1ccc2oc(-c3ccc(C)c(Cl)c3)nc2c1. The van der Waals surface area contributed by atoms with Gasteiger partial charge in [0, 0.05) is 23.3 Å². The van der Waals surface area contributed by atoms with Crippen LogP contribution in [0, 0.1) is 6.92 Å². The summed E-state index contributed by atoms with van der Waals surface area (Å²) in [6.07, 6.45) is 0. The molecule has 1 heterocycles. The van der Waals surface area contributed by atoms with E-state index < -0.39 is 0 Å². The highest BCUT2D eigenvalue weighted by molar-refractivity contribution is 6.31. The Labute approximate surface area is 116 Å². The van der Waals surface area contributed by atoms with Gasteiger partial charge in [0.05, 0.1) is 0 Å². The molecule has 96 valence electrons. The molecule has 19 heavy (non-hydrogen) atoms. The van der Waals surface area contributed by atoms with Gasteiger partial charge in [-0.1, -0.05) is 17.7 Å². The fourth-order valence-corrected chi connectivity index (χ4v) is 2.11. The zero-order chi connectivity index (χ0) is 13.4. The van der Waals surface area contributed by atoms with Gasteiger partial charge < -0.3 is 9.73 Å². The summed E-state index contributed by atoms with van der Waals surface area (Å²) in [6, 6.07) is 11.6. The van der Waals surface area contributed by atoms with E-state index in [-0.39, 0.29) is 0 Å². The summed E-state index contributed by atoms with van der Waals surface area (Å²) in [7, 11) is 1.88. The normalized spacial score (nSPS) is 10.9. The number of anilines is 1. The minimum Gasteiger partial charge on any atom is -0.436 e. The van der Waals surface area contributed by atoms with Crippen LogP contribution in [0.1, 0.15) is 5.56 Å². The van der Waals surface area contributed by atoms with Gasteiger partial charge in [0.25, 0.3) is 0 Å². The molecular formula is C15H13ClN2O. The summed E-state index contributed by atoms with van der Waals surface area (Å²) in [5, 5.41) is 3.80. The molecule has 0 atom stereocenters.